The summed E-state index contributed by atoms with van der Waals surface area (Å²) in [5, 5.41) is 21.1. The van der Waals surface area contributed by atoms with E-state index in [1.165, 1.54) is 12.1 Å². The Hall–Kier alpha value is -6.52. The summed E-state index contributed by atoms with van der Waals surface area (Å²) in [7, 11) is -3.35. The number of carboxylic acids is 1. The van der Waals surface area contributed by atoms with Gasteiger partial charge in [0.05, 0.1) is 72.9 Å². The van der Waals surface area contributed by atoms with Crippen LogP contribution in [0.25, 0.3) is 0 Å². The summed E-state index contributed by atoms with van der Waals surface area (Å²) in [6, 6.07) is 42.6. The predicted octanol–water partition coefficient (Wildman–Crippen LogP) is 20.4. The van der Waals surface area contributed by atoms with Crippen molar-refractivity contribution < 1.29 is 114 Å². The van der Waals surface area contributed by atoms with Gasteiger partial charge in [0.1, 0.15) is 65.8 Å². The molecule has 35 heteroatoms. The zero-order chi connectivity index (χ0) is 86.5. The number of ether oxygens (including phenoxy) is 10. The number of phenols is 1. The Kier molecular flexibility index (Phi) is 58.3. The monoisotopic (exact) mass is 1900 g/mol. The SMILES string of the molecule is C=C(CCl)COS(C)(=O)=O.C=C(COc1ccc(Cl)c(Cl)c1)CSc1ccc(OCC(=O)O)c(C)c1.C=C(COc1ccc(Cl)c(Cl)c1)CSc1ccc(OCC(=O)OCC)c(C)c1.C=C(COc1ccc(Cl)c(Cl)c1)CSc1ccc(OCC(=O)OCC)c(C)c1.CCOC(=O)COc1ccc(S)cc1C.Oc1ccc(Cl)c(Cl)c1.[CH3-].[Li+].[OH-]. The Morgan fingerprint density at radius 2 is 0.697 bits per heavy atom. The first-order valence-corrected chi connectivity index (χ1v) is 43.3. The van der Waals surface area contributed by atoms with Crippen LogP contribution in [-0.2, 0) is 47.7 Å². The summed E-state index contributed by atoms with van der Waals surface area (Å²) in [6.07, 6.45) is 0.981. The van der Waals surface area contributed by atoms with Gasteiger partial charge >= 0.3 is 42.7 Å². The van der Waals surface area contributed by atoms with Crippen LogP contribution in [-0.4, -0.2) is 150 Å². The summed E-state index contributed by atoms with van der Waals surface area (Å²) in [5.41, 5.74) is 7.09. The molecule has 0 saturated heterocycles. The second-order valence-corrected chi connectivity index (χ2v) is 32.7. The van der Waals surface area contributed by atoms with Crippen molar-refractivity contribution in [3.05, 3.63) is 264 Å². The maximum Gasteiger partial charge on any atom is 1.00 e. The number of carboxylic acid groups (broad SMARTS) is 1. The number of esters is 3. The quantitative estimate of drug-likeness (QED) is 0.00375. The zero-order valence-electron chi connectivity index (χ0n) is 67.1. The van der Waals surface area contributed by atoms with Gasteiger partial charge in [0, 0.05) is 60.9 Å². The van der Waals surface area contributed by atoms with Gasteiger partial charge in [-0.1, -0.05) is 119 Å². The number of phenolic OH excluding ortho intramolecular Hbond substituents is 1. The van der Waals surface area contributed by atoms with Crippen LogP contribution in [0.3, 0.4) is 0 Å². The number of aromatic hydroxyl groups is 1. The Morgan fingerprint density at radius 3 is 0.958 bits per heavy atom. The molecule has 20 nitrogen and oxygen atoms in total. The third-order valence-corrected chi connectivity index (χ3v) is 21.4. The number of hydrogen-bond acceptors (Lipinski definition) is 23. The molecule has 0 unspecified atom stereocenters. The topological polar surface area (TPSA) is 274 Å². The number of thiol groups is 1. The van der Waals surface area contributed by atoms with Crippen LogP contribution in [0.2, 0.25) is 40.2 Å². The molecule has 0 radical (unpaired) electrons. The van der Waals surface area contributed by atoms with Gasteiger partial charge in [-0.15, -0.1) is 59.5 Å². The molecule has 119 heavy (non-hydrogen) atoms. The molecule has 0 aromatic heterocycles. The fourth-order valence-electron chi connectivity index (χ4n) is 8.23. The van der Waals surface area contributed by atoms with Crippen LogP contribution in [0.4, 0.5) is 0 Å². The van der Waals surface area contributed by atoms with E-state index in [-0.39, 0.29) is 94.3 Å². The van der Waals surface area contributed by atoms with Gasteiger partial charge < -0.3 is 70.5 Å². The van der Waals surface area contributed by atoms with Crippen molar-refractivity contribution in [3.8, 4) is 46.0 Å². The maximum absolute atomic E-state index is 11.4. The van der Waals surface area contributed by atoms with Crippen LogP contribution in [0.15, 0.2) is 214 Å². The largest absolute Gasteiger partial charge is 1.00 e. The summed E-state index contributed by atoms with van der Waals surface area (Å²) in [4.78, 5) is 48.4. The van der Waals surface area contributed by atoms with Crippen molar-refractivity contribution in [2.75, 3.05) is 102 Å². The van der Waals surface area contributed by atoms with Crippen molar-refractivity contribution in [1.82, 2.24) is 0 Å². The molecule has 3 N–H and O–H groups in total. The van der Waals surface area contributed by atoms with E-state index in [2.05, 4.69) is 43.1 Å². The van der Waals surface area contributed by atoms with Crippen molar-refractivity contribution in [2.24, 2.45) is 0 Å². The Balaban J connectivity index is 0.00000146. The van der Waals surface area contributed by atoms with Crippen molar-refractivity contribution in [2.45, 2.75) is 68.0 Å². The standard InChI is InChI=1S/2C21H22Cl2O4S.C19H18Cl2O4S.C11H14O3S.C6H4Cl2O.C5H9ClO3S.CH3.Li.H2O/c2*1-4-25-21(24)12-27-20-8-6-17(9-15(20)3)28-13-14(2)11-26-16-5-7-18(22)19(23)10-16;1-12(9-24-14-3-5-16(20)17(21)8-14)11-26-15-4-6-18(13(2)7-15)25-10-19(22)23;1-3-13-11(12)7-14-10-5-4-9(15)6-8(10)2;7-5-2-1-4(9)3-6(5)8;1-5(3-6)4-9-10(2,7)8;;;/h2*5-10H,2,4,11-13H2,1,3H3;3-8H,1,9-11H2,2H3,(H,22,23);4-6,15H,3,7H2,1-2H3;1-3,9H;1,3-4H2,2H3;1H3;;1H2/q;;;;;;-1;+1;/p-1. The molecule has 0 heterocycles. The van der Waals surface area contributed by atoms with E-state index in [0.29, 0.717) is 143 Å². The van der Waals surface area contributed by atoms with Crippen LogP contribution in [0.5, 0.6) is 46.0 Å². The molecule has 0 aliphatic heterocycles. The van der Waals surface area contributed by atoms with Crippen molar-refractivity contribution in [3.63, 3.8) is 0 Å². The van der Waals surface area contributed by atoms with Gasteiger partial charge in [0.25, 0.3) is 10.1 Å². The number of rotatable bonds is 37. The Bertz CT molecular complexity index is 4560. The van der Waals surface area contributed by atoms with Gasteiger partial charge in [0.2, 0.25) is 0 Å². The minimum atomic E-state index is -3.35. The summed E-state index contributed by atoms with van der Waals surface area (Å²) in [6.45, 7) is 30.1. The molecular formula is C84H93Cl9LiO20S5-. The van der Waals surface area contributed by atoms with Gasteiger partial charge in [-0.25, -0.2) is 19.2 Å². The minimum absolute atomic E-state index is 0. The summed E-state index contributed by atoms with van der Waals surface area (Å²) in [5.74, 6) is 4.88. The molecule has 8 aromatic carbocycles. The molecule has 0 saturated carbocycles. The molecule has 0 aliphatic carbocycles. The predicted molar refractivity (Wildman–Crippen MR) is 484 cm³/mol. The fourth-order valence-corrected chi connectivity index (χ4v) is 12.7. The number of carbonyl (C=O) groups is 4. The van der Waals surface area contributed by atoms with E-state index in [1.807, 2.05) is 88.4 Å². The molecular weight excluding hydrogens is 1820 g/mol. The second-order valence-electron chi connectivity index (χ2n) is 23.9. The first kappa shape index (κ1) is 112. The van der Waals surface area contributed by atoms with E-state index < -0.39 is 16.1 Å². The van der Waals surface area contributed by atoms with Gasteiger partial charge in [-0.3, -0.25) is 4.18 Å². The average molecular weight is 1910 g/mol. The first-order valence-electron chi connectivity index (χ1n) is 34.6. The van der Waals surface area contributed by atoms with Crippen LogP contribution in [0.1, 0.15) is 43.0 Å². The smallest absolute Gasteiger partial charge is 0.870 e. The van der Waals surface area contributed by atoms with Crippen molar-refractivity contribution in [1.29, 1.82) is 0 Å². The van der Waals surface area contributed by atoms with Crippen molar-refractivity contribution >= 4 is 186 Å². The van der Waals surface area contributed by atoms with E-state index >= 15 is 0 Å². The molecule has 0 spiro atoms. The molecule has 0 atom stereocenters. The van der Waals surface area contributed by atoms with Crippen LogP contribution >= 0.6 is 152 Å². The molecule has 644 valence electrons. The fraction of sp³-hybridized carbons (Fsp3) is 0.274. The molecule has 0 bridgehead atoms. The molecule has 0 fully saturated rings. The molecule has 8 rings (SSSR count). The van der Waals surface area contributed by atoms with Gasteiger partial charge in [-0.05, 0) is 220 Å². The average Bonchev–Trinajstić information content (AvgIpc) is 0.863. The maximum atomic E-state index is 11.4. The molecule has 0 amide bonds. The molecule has 0 aliphatic rings. The number of thioether (sulfide) groups is 3. The van der Waals surface area contributed by atoms with E-state index in [9.17, 15) is 27.6 Å². The van der Waals surface area contributed by atoms with Crippen LogP contribution < -0.4 is 52.0 Å². The van der Waals surface area contributed by atoms with Gasteiger partial charge in [-0.2, -0.15) is 8.42 Å². The van der Waals surface area contributed by atoms with Gasteiger partial charge in [0.15, 0.2) is 26.4 Å². The third kappa shape index (κ3) is 49.4. The second kappa shape index (κ2) is 61.7. The normalized spacial score (nSPS) is 10.1. The molecule has 8 aromatic rings. The first-order chi connectivity index (χ1) is 54.9. The van der Waals surface area contributed by atoms with E-state index in [1.54, 1.807) is 129 Å². The third-order valence-electron chi connectivity index (χ3n) is 13.8. The number of benzene rings is 8. The number of aliphatic carboxylic acids is 1. The van der Waals surface area contributed by atoms with E-state index in [0.717, 1.165) is 64.8 Å². The van der Waals surface area contributed by atoms with E-state index in [4.69, 9.17) is 162 Å². The van der Waals surface area contributed by atoms with Crippen LogP contribution in [0, 0.1) is 35.1 Å². The summed E-state index contributed by atoms with van der Waals surface area (Å²) < 4.78 is 78.1. The number of carbonyl (C=O) groups excluding carboxylic acids is 3. The number of hydrogen-bond donors (Lipinski definition) is 3. The minimum Gasteiger partial charge on any atom is -0.870 e. The summed E-state index contributed by atoms with van der Waals surface area (Å²) >= 11 is 61.1. The zero-order valence-corrected chi connectivity index (χ0v) is 78.0. The number of halogens is 9. The number of alkyl halides is 1. The Labute approximate surface area is 773 Å². The Morgan fingerprint density at radius 1 is 0.403 bits per heavy atom. The number of aryl methyl sites for hydroxylation is 4.